The monoisotopic (exact) mass is 522 g/mol. The number of aryl methyl sites for hydroxylation is 1. The van der Waals surface area contributed by atoms with Gasteiger partial charge in [0.2, 0.25) is 11.8 Å². The molecule has 1 aliphatic carbocycles. The van der Waals surface area contributed by atoms with E-state index in [2.05, 4.69) is 42.3 Å². The van der Waals surface area contributed by atoms with Crippen molar-refractivity contribution in [3.8, 4) is 28.7 Å². The van der Waals surface area contributed by atoms with E-state index in [0.717, 1.165) is 17.7 Å². The van der Waals surface area contributed by atoms with E-state index in [-0.39, 0.29) is 23.3 Å². The van der Waals surface area contributed by atoms with Gasteiger partial charge in [-0.1, -0.05) is 23.2 Å². The van der Waals surface area contributed by atoms with E-state index in [4.69, 9.17) is 9.15 Å². The largest absolute Gasteiger partial charge is 0.494 e. The average Bonchev–Trinajstić information content (AvgIpc) is 3.48. The number of hydrogen-bond donors (Lipinski definition) is 1. The van der Waals surface area contributed by atoms with Gasteiger partial charge in [0.05, 0.1) is 42.1 Å². The van der Waals surface area contributed by atoms with Gasteiger partial charge in [0, 0.05) is 30.2 Å². The molecule has 4 aromatic heterocycles. The van der Waals surface area contributed by atoms with E-state index < -0.39 is 18.0 Å². The number of alkyl halides is 2. The number of nitrogens with one attached hydrogen (secondary N) is 1. The summed E-state index contributed by atoms with van der Waals surface area (Å²) in [5.74, 6) is 7.09. The first-order valence-electron chi connectivity index (χ1n) is 11.3. The summed E-state index contributed by atoms with van der Waals surface area (Å²) in [6.07, 6.45) is 3.76. The number of anilines is 1. The van der Waals surface area contributed by atoms with Crippen LogP contribution in [0.25, 0.3) is 11.1 Å². The van der Waals surface area contributed by atoms with E-state index >= 15 is 0 Å². The Morgan fingerprint density at radius 3 is 2.73 bits per heavy atom. The van der Waals surface area contributed by atoms with Crippen LogP contribution in [0.4, 0.5) is 13.9 Å². The molecule has 0 aromatic carbocycles. The molecule has 9 nitrogen and oxygen atoms in total. The van der Waals surface area contributed by atoms with Crippen LogP contribution in [-0.4, -0.2) is 38.2 Å². The highest BCUT2D eigenvalue weighted by Crippen LogP contribution is 2.35. The number of methoxy groups -OCH3 is 1. The lowest BCUT2D eigenvalue weighted by Gasteiger charge is -2.14. The average molecular weight is 523 g/mol. The fourth-order valence-corrected chi connectivity index (χ4v) is 4.14. The first-order chi connectivity index (χ1) is 17.9. The van der Waals surface area contributed by atoms with E-state index in [1.807, 2.05) is 0 Å². The van der Waals surface area contributed by atoms with Gasteiger partial charge in [-0.3, -0.25) is 20.1 Å². The third kappa shape index (κ3) is 5.78. The second-order valence-corrected chi connectivity index (χ2v) is 9.28. The summed E-state index contributed by atoms with van der Waals surface area (Å²) < 4.78 is 37.8. The van der Waals surface area contributed by atoms with Gasteiger partial charge in [0.25, 0.3) is 12.3 Å². The number of aromatic nitrogens is 5. The summed E-state index contributed by atoms with van der Waals surface area (Å²) in [6.45, 7) is 1.66. The Hall–Kier alpha value is -4.24. The van der Waals surface area contributed by atoms with Crippen molar-refractivity contribution in [2.75, 3.05) is 12.4 Å². The number of hydrogen-bond acceptors (Lipinski definition) is 9. The Bertz CT molecular complexity index is 1520. The van der Waals surface area contributed by atoms with Crippen molar-refractivity contribution in [2.24, 2.45) is 5.92 Å². The van der Waals surface area contributed by atoms with Gasteiger partial charge >= 0.3 is 0 Å². The maximum Gasteiger partial charge on any atom is 0.280 e. The van der Waals surface area contributed by atoms with Gasteiger partial charge in [-0.15, -0.1) is 10.2 Å². The van der Waals surface area contributed by atoms with Gasteiger partial charge in [-0.05, 0) is 25.0 Å². The molecule has 37 heavy (non-hydrogen) atoms. The van der Waals surface area contributed by atoms with Gasteiger partial charge in [0.15, 0.2) is 5.13 Å². The first kappa shape index (κ1) is 24.5. The van der Waals surface area contributed by atoms with E-state index in [1.54, 1.807) is 19.2 Å². The molecule has 0 spiro atoms. The molecule has 0 radical (unpaired) electrons. The van der Waals surface area contributed by atoms with Crippen LogP contribution in [0.5, 0.6) is 5.75 Å². The maximum absolute atomic E-state index is 13.5. The number of rotatable bonds is 7. The second-order valence-electron chi connectivity index (χ2n) is 8.25. The van der Waals surface area contributed by atoms with Crippen molar-refractivity contribution in [1.82, 2.24) is 25.1 Å². The standard InChI is InChI=1S/C25H20F2N6O3S/c1-13-32-33-22(36-13)8-15-7-17(18-9-20(23(26)27)29-12-21(18)35-2)19(11-28-15)24(34)31-25-30-10-16(37-25)6-5-14-3-4-14/h7,9-12,14,23H,3-4,8H2,1-2H3,(H,30,31,34). The second kappa shape index (κ2) is 10.4. The third-order valence-corrected chi connectivity index (χ3v) is 6.26. The molecule has 1 N–H and O–H groups in total. The number of carbonyl (C=O) groups is 1. The lowest BCUT2D eigenvalue weighted by Crippen LogP contribution is -2.14. The van der Waals surface area contributed by atoms with Gasteiger partial charge in [-0.25, -0.2) is 13.8 Å². The molecular weight excluding hydrogens is 502 g/mol. The normalized spacial score (nSPS) is 12.8. The molecule has 1 saturated carbocycles. The number of ether oxygens (including phenoxy) is 1. The van der Waals surface area contributed by atoms with Crippen LogP contribution in [0.15, 0.2) is 35.1 Å². The highest BCUT2D eigenvalue weighted by Gasteiger charge is 2.22. The SMILES string of the molecule is COc1cnc(C(F)F)cc1-c1cc(Cc2nnc(C)o2)ncc1C(=O)Nc1ncc(C#CC2CC2)s1. The molecular formula is C25H20F2N6O3S. The minimum Gasteiger partial charge on any atom is -0.494 e. The minimum absolute atomic E-state index is 0.135. The summed E-state index contributed by atoms with van der Waals surface area (Å²) in [6, 6.07) is 2.81. The quantitative estimate of drug-likeness (QED) is 0.343. The van der Waals surface area contributed by atoms with Crippen LogP contribution in [-0.2, 0) is 6.42 Å². The van der Waals surface area contributed by atoms with Crippen LogP contribution in [0, 0.1) is 24.7 Å². The maximum atomic E-state index is 13.5. The zero-order chi connectivity index (χ0) is 25.9. The van der Waals surface area contributed by atoms with Crippen molar-refractivity contribution in [3.63, 3.8) is 0 Å². The van der Waals surface area contributed by atoms with Crippen molar-refractivity contribution >= 4 is 22.4 Å². The van der Waals surface area contributed by atoms with Crippen LogP contribution in [0.2, 0.25) is 0 Å². The zero-order valence-corrected chi connectivity index (χ0v) is 20.6. The molecule has 0 bridgehead atoms. The molecule has 0 saturated heterocycles. The zero-order valence-electron chi connectivity index (χ0n) is 19.8. The van der Waals surface area contributed by atoms with E-state index in [9.17, 15) is 13.6 Å². The van der Waals surface area contributed by atoms with Gasteiger partial charge in [-0.2, -0.15) is 0 Å². The fourth-order valence-electron chi connectivity index (χ4n) is 3.47. The molecule has 4 aromatic rings. The van der Waals surface area contributed by atoms with Gasteiger partial charge in [0.1, 0.15) is 11.4 Å². The molecule has 12 heteroatoms. The molecule has 1 aliphatic rings. The minimum atomic E-state index is -2.81. The lowest BCUT2D eigenvalue weighted by atomic mass is 9.98. The van der Waals surface area contributed by atoms with Crippen molar-refractivity contribution < 1.29 is 22.7 Å². The summed E-state index contributed by atoms with van der Waals surface area (Å²) in [5, 5.41) is 10.9. The highest BCUT2D eigenvalue weighted by molar-refractivity contribution is 7.16. The molecule has 0 aliphatic heterocycles. The number of thiazole rings is 1. The predicted octanol–water partition coefficient (Wildman–Crippen LogP) is 4.84. The fraction of sp³-hybridized carbons (Fsp3) is 0.280. The van der Waals surface area contributed by atoms with Crippen LogP contribution in [0.3, 0.4) is 0 Å². The topological polar surface area (TPSA) is 116 Å². The Morgan fingerprint density at radius 2 is 2.03 bits per heavy atom. The van der Waals surface area contributed by atoms with Crippen LogP contribution < -0.4 is 10.1 Å². The molecule has 1 fully saturated rings. The molecule has 188 valence electrons. The molecule has 4 heterocycles. The Kier molecular flexibility index (Phi) is 6.87. The molecule has 5 rings (SSSR count). The summed E-state index contributed by atoms with van der Waals surface area (Å²) >= 11 is 1.25. The first-order valence-corrected chi connectivity index (χ1v) is 12.1. The summed E-state index contributed by atoms with van der Waals surface area (Å²) in [4.78, 5) is 26.4. The third-order valence-electron chi connectivity index (χ3n) is 5.43. The Balaban J connectivity index is 1.51. The summed E-state index contributed by atoms with van der Waals surface area (Å²) in [7, 11) is 1.39. The number of amides is 1. The van der Waals surface area contributed by atoms with E-state index in [1.165, 1.54) is 36.9 Å². The smallest absolute Gasteiger partial charge is 0.280 e. The number of nitrogens with zero attached hydrogens (tertiary/aromatic N) is 5. The number of carbonyl (C=O) groups excluding carboxylic acids is 1. The summed E-state index contributed by atoms with van der Waals surface area (Å²) in [5.41, 5.74) is 0.756. The number of pyridine rings is 2. The van der Waals surface area contributed by atoms with Gasteiger partial charge < -0.3 is 9.15 Å². The van der Waals surface area contributed by atoms with Crippen molar-refractivity contribution in [2.45, 2.75) is 32.6 Å². The van der Waals surface area contributed by atoms with E-state index in [0.29, 0.717) is 34.1 Å². The van der Waals surface area contributed by atoms with Crippen molar-refractivity contribution in [1.29, 1.82) is 0 Å². The predicted molar refractivity (Wildman–Crippen MR) is 130 cm³/mol. The van der Waals surface area contributed by atoms with Crippen LogP contribution in [0.1, 0.15) is 57.7 Å². The highest BCUT2D eigenvalue weighted by atomic mass is 32.1. The number of halogens is 2. The molecule has 0 unspecified atom stereocenters. The Labute approximate surface area is 214 Å². The molecule has 1 amide bonds. The van der Waals surface area contributed by atoms with Crippen molar-refractivity contribution in [3.05, 3.63) is 64.3 Å². The Morgan fingerprint density at radius 1 is 1.19 bits per heavy atom. The lowest BCUT2D eigenvalue weighted by molar-refractivity contribution is 0.102. The molecule has 0 atom stereocenters. The van der Waals surface area contributed by atoms with Crippen LogP contribution >= 0.6 is 11.3 Å².